The molecule has 98 valence electrons. The highest BCUT2D eigenvalue weighted by Crippen LogP contribution is 2.31. The van der Waals surface area contributed by atoms with Gasteiger partial charge in [-0.1, -0.05) is 19.3 Å². The van der Waals surface area contributed by atoms with Crippen LogP contribution in [0.15, 0.2) is 0 Å². The molecule has 3 rings (SSSR count). The normalized spacial score (nSPS) is 34.8. The topological polar surface area (TPSA) is 26.7 Å². The van der Waals surface area contributed by atoms with E-state index in [1.165, 1.54) is 58.3 Å². The maximum atomic E-state index is 10.5. The SMILES string of the molecule is OC1(CN2CCN3CCCCC3C2)CCCC1. The van der Waals surface area contributed by atoms with Crippen LogP contribution in [0.25, 0.3) is 0 Å². The van der Waals surface area contributed by atoms with Crippen molar-refractivity contribution in [2.24, 2.45) is 0 Å². The minimum atomic E-state index is -0.350. The first-order chi connectivity index (χ1) is 8.25. The summed E-state index contributed by atoms with van der Waals surface area (Å²) in [6, 6.07) is 0.780. The zero-order valence-electron chi connectivity index (χ0n) is 10.9. The van der Waals surface area contributed by atoms with Gasteiger partial charge in [-0.05, 0) is 32.2 Å². The summed E-state index contributed by atoms with van der Waals surface area (Å²) >= 11 is 0. The molecule has 17 heavy (non-hydrogen) atoms. The van der Waals surface area contributed by atoms with Gasteiger partial charge in [0, 0.05) is 32.2 Å². The van der Waals surface area contributed by atoms with E-state index in [2.05, 4.69) is 9.80 Å². The van der Waals surface area contributed by atoms with Gasteiger partial charge in [0.25, 0.3) is 0 Å². The van der Waals surface area contributed by atoms with E-state index < -0.39 is 0 Å². The van der Waals surface area contributed by atoms with Crippen LogP contribution in [0.5, 0.6) is 0 Å². The third-order valence-corrected chi connectivity index (χ3v) is 4.97. The van der Waals surface area contributed by atoms with Gasteiger partial charge in [0.1, 0.15) is 0 Å². The summed E-state index contributed by atoms with van der Waals surface area (Å²) in [6.45, 7) is 5.82. The fourth-order valence-corrected chi connectivity index (χ4v) is 3.97. The standard InChI is InChI=1S/C14H26N2O/c17-14(6-2-3-7-14)12-15-9-10-16-8-4-1-5-13(16)11-15/h13,17H,1-12H2. The summed E-state index contributed by atoms with van der Waals surface area (Å²) in [5, 5.41) is 10.5. The van der Waals surface area contributed by atoms with Gasteiger partial charge in [-0.25, -0.2) is 0 Å². The monoisotopic (exact) mass is 238 g/mol. The molecular formula is C14H26N2O. The first-order valence-electron chi connectivity index (χ1n) is 7.44. The van der Waals surface area contributed by atoms with E-state index in [4.69, 9.17) is 0 Å². The molecule has 1 atom stereocenters. The van der Waals surface area contributed by atoms with E-state index >= 15 is 0 Å². The number of hydrogen-bond donors (Lipinski definition) is 1. The zero-order valence-corrected chi connectivity index (χ0v) is 10.9. The van der Waals surface area contributed by atoms with Crippen LogP contribution in [-0.2, 0) is 0 Å². The van der Waals surface area contributed by atoms with Crippen molar-refractivity contribution < 1.29 is 5.11 Å². The molecule has 3 fully saturated rings. The molecule has 3 nitrogen and oxygen atoms in total. The van der Waals surface area contributed by atoms with Crippen molar-refractivity contribution >= 4 is 0 Å². The molecule has 0 bridgehead atoms. The molecule has 1 unspecified atom stereocenters. The number of fused-ring (bicyclic) bond motifs is 1. The molecule has 1 saturated carbocycles. The van der Waals surface area contributed by atoms with Crippen LogP contribution in [-0.4, -0.2) is 59.3 Å². The lowest BCUT2D eigenvalue weighted by Crippen LogP contribution is -2.57. The minimum Gasteiger partial charge on any atom is -0.389 e. The molecule has 3 aliphatic rings. The molecule has 2 aliphatic heterocycles. The molecule has 2 heterocycles. The van der Waals surface area contributed by atoms with Gasteiger partial charge in [0.05, 0.1) is 5.60 Å². The lowest BCUT2D eigenvalue weighted by Gasteiger charge is -2.45. The van der Waals surface area contributed by atoms with Crippen LogP contribution in [0, 0.1) is 0 Å². The summed E-state index contributed by atoms with van der Waals surface area (Å²) < 4.78 is 0. The predicted octanol–water partition coefficient (Wildman–Crippen LogP) is 1.46. The Morgan fingerprint density at radius 2 is 1.82 bits per heavy atom. The van der Waals surface area contributed by atoms with Gasteiger partial charge >= 0.3 is 0 Å². The van der Waals surface area contributed by atoms with Crippen LogP contribution in [0.4, 0.5) is 0 Å². The van der Waals surface area contributed by atoms with Gasteiger partial charge in [0.15, 0.2) is 0 Å². The van der Waals surface area contributed by atoms with E-state index in [9.17, 15) is 5.11 Å². The van der Waals surface area contributed by atoms with E-state index in [1.807, 2.05) is 0 Å². The van der Waals surface area contributed by atoms with Crippen LogP contribution in [0.3, 0.4) is 0 Å². The molecule has 3 heteroatoms. The van der Waals surface area contributed by atoms with Crippen molar-refractivity contribution in [3.63, 3.8) is 0 Å². The van der Waals surface area contributed by atoms with E-state index in [-0.39, 0.29) is 5.60 Å². The van der Waals surface area contributed by atoms with Crippen molar-refractivity contribution in [1.82, 2.24) is 9.80 Å². The van der Waals surface area contributed by atoms with Crippen LogP contribution >= 0.6 is 0 Å². The number of hydrogen-bond acceptors (Lipinski definition) is 3. The second-order valence-electron chi connectivity index (χ2n) is 6.35. The highest BCUT2D eigenvalue weighted by Gasteiger charge is 2.36. The summed E-state index contributed by atoms with van der Waals surface area (Å²) in [7, 11) is 0. The number of piperidine rings is 1. The van der Waals surface area contributed by atoms with Crippen molar-refractivity contribution in [2.45, 2.75) is 56.6 Å². The van der Waals surface area contributed by atoms with Crippen molar-refractivity contribution in [3.8, 4) is 0 Å². The largest absolute Gasteiger partial charge is 0.389 e. The molecule has 1 aliphatic carbocycles. The van der Waals surface area contributed by atoms with Crippen LogP contribution < -0.4 is 0 Å². The zero-order chi connectivity index (χ0) is 11.7. The lowest BCUT2D eigenvalue weighted by atomic mass is 9.97. The highest BCUT2D eigenvalue weighted by molar-refractivity contribution is 4.91. The molecule has 0 amide bonds. The first-order valence-corrected chi connectivity index (χ1v) is 7.44. The Balaban J connectivity index is 1.55. The van der Waals surface area contributed by atoms with Gasteiger partial charge in [-0.15, -0.1) is 0 Å². The molecule has 0 spiro atoms. The van der Waals surface area contributed by atoms with Crippen molar-refractivity contribution in [3.05, 3.63) is 0 Å². The Morgan fingerprint density at radius 1 is 1.00 bits per heavy atom. The summed E-state index contributed by atoms with van der Waals surface area (Å²) in [5.74, 6) is 0. The summed E-state index contributed by atoms with van der Waals surface area (Å²) in [5.41, 5.74) is -0.350. The Bertz CT molecular complexity index is 263. The molecular weight excluding hydrogens is 212 g/mol. The fraction of sp³-hybridized carbons (Fsp3) is 1.00. The number of β-amino-alcohol motifs (C(OH)–C–C–N with tert-alkyl or cyclic N) is 1. The molecule has 0 radical (unpaired) electrons. The number of nitrogens with zero attached hydrogens (tertiary/aromatic N) is 2. The van der Waals surface area contributed by atoms with Gasteiger partial charge in [0.2, 0.25) is 0 Å². The summed E-state index contributed by atoms with van der Waals surface area (Å²) in [4.78, 5) is 5.19. The Morgan fingerprint density at radius 3 is 2.65 bits per heavy atom. The van der Waals surface area contributed by atoms with Crippen LogP contribution in [0.2, 0.25) is 0 Å². The second kappa shape index (κ2) is 4.87. The smallest absolute Gasteiger partial charge is 0.0774 e. The molecule has 2 saturated heterocycles. The maximum Gasteiger partial charge on any atom is 0.0774 e. The Hall–Kier alpha value is -0.120. The van der Waals surface area contributed by atoms with Crippen LogP contribution in [0.1, 0.15) is 44.9 Å². The number of aliphatic hydroxyl groups is 1. The quantitative estimate of drug-likeness (QED) is 0.789. The average molecular weight is 238 g/mol. The van der Waals surface area contributed by atoms with E-state index in [1.54, 1.807) is 0 Å². The molecule has 0 aromatic heterocycles. The second-order valence-corrected chi connectivity index (χ2v) is 6.35. The van der Waals surface area contributed by atoms with Gasteiger partial charge in [-0.3, -0.25) is 9.80 Å². The molecule has 0 aromatic rings. The predicted molar refractivity (Wildman–Crippen MR) is 69.1 cm³/mol. The fourth-order valence-electron chi connectivity index (χ4n) is 3.97. The first kappa shape index (κ1) is 11.9. The van der Waals surface area contributed by atoms with Gasteiger partial charge < -0.3 is 5.11 Å². The molecule has 0 aromatic carbocycles. The number of rotatable bonds is 2. The summed E-state index contributed by atoms with van der Waals surface area (Å²) in [6.07, 6.45) is 8.66. The van der Waals surface area contributed by atoms with Crippen molar-refractivity contribution in [1.29, 1.82) is 0 Å². The third kappa shape index (κ3) is 2.67. The van der Waals surface area contributed by atoms with E-state index in [0.29, 0.717) is 0 Å². The molecule has 1 N–H and O–H groups in total. The maximum absolute atomic E-state index is 10.5. The lowest BCUT2D eigenvalue weighted by molar-refractivity contribution is -0.0236. The Labute approximate surface area is 105 Å². The third-order valence-electron chi connectivity index (χ3n) is 4.97. The highest BCUT2D eigenvalue weighted by atomic mass is 16.3. The minimum absolute atomic E-state index is 0.350. The van der Waals surface area contributed by atoms with Crippen molar-refractivity contribution in [2.75, 3.05) is 32.7 Å². The van der Waals surface area contributed by atoms with Gasteiger partial charge in [-0.2, -0.15) is 0 Å². The van der Waals surface area contributed by atoms with E-state index in [0.717, 1.165) is 25.4 Å². The average Bonchev–Trinajstić information content (AvgIpc) is 2.76. The Kier molecular flexibility index (Phi) is 3.42. The number of piperazine rings is 1.